The average Bonchev–Trinajstić information content (AvgIpc) is 2.15. The molecule has 90 valence electrons. The van der Waals surface area contributed by atoms with Crippen LogP contribution in [0, 0.1) is 26.7 Å². The first-order valence-corrected chi connectivity index (χ1v) is 5.94. The Morgan fingerprint density at radius 3 is 2.12 bits per heavy atom. The Balaban J connectivity index is 2.95. The van der Waals surface area contributed by atoms with Gasteiger partial charge in [-0.25, -0.2) is 0 Å². The van der Waals surface area contributed by atoms with Gasteiger partial charge in [0.1, 0.15) is 0 Å². The van der Waals surface area contributed by atoms with Gasteiger partial charge < -0.3 is 10.6 Å². The van der Waals surface area contributed by atoms with E-state index in [0.29, 0.717) is 5.92 Å². The van der Waals surface area contributed by atoms with E-state index in [-0.39, 0.29) is 0 Å². The van der Waals surface area contributed by atoms with E-state index in [2.05, 4.69) is 51.8 Å². The molecule has 0 aromatic heterocycles. The molecular formula is C14H24N2. The van der Waals surface area contributed by atoms with E-state index >= 15 is 0 Å². The summed E-state index contributed by atoms with van der Waals surface area (Å²) in [5.74, 6) is 0.533. The maximum Gasteiger partial charge on any atom is 0.0423 e. The van der Waals surface area contributed by atoms with Crippen LogP contribution in [0.15, 0.2) is 12.1 Å². The molecule has 0 amide bonds. The molecule has 2 nitrogen and oxygen atoms in total. The number of hydrogen-bond donors (Lipinski definition) is 1. The molecule has 0 heterocycles. The SMILES string of the molecule is Cc1cc(C)c(N(C)CC(C)CN)c(C)c1. The summed E-state index contributed by atoms with van der Waals surface area (Å²) >= 11 is 0. The Morgan fingerprint density at radius 1 is 1.19 bits per heavy atom. The number of nitrogens with two attached hydrogens (primary N) is 1. The number of hydrogen-bond acceptors (Lipinski definition) is 2. The van der Waals surface area contributed by atoms with Crippen molar-refractivity contribution in [2.45, 2.75) is 27.7 Å². The van der Waals surface area contributed by atoms with Gasteiger partial charge in [0.2, 0.25) is 0 Å². The van der Waals surface area contributed by atoms with Gasteiger partial charge in [-0.2, -0.15) is 0 Å². The van der Waals surface area contributed by atoms with Crippen molar-refractivity contribution in [2.24, 2.45) is 11.7 Å². The van der Waals surface area contributed by atoms with Crippen molar-refractivity contribution in [3.8, 4) is 0 Å². The van der Waals surface area contributed by atoms with Crippen LogP contribution in [0.25, 0.3) is 0 Å². The largest absolute Gasteiger partial charge is 0.374 e. The van der Waals surface area contributed by atoms with E-state index in [1.807, 2.05) is 0 Å². The maximum atomic E-state index is 5.67. The van der Waals surface area contributed by atoms with Gasteiger partial charge in [0.15, 0.2) is 0 Å². The molecule has 0 bridgehead atoms. The molecule has 1 aromatic rings. The van der Waals surface area contributed by atoms with E-state index in [4.69, 9.17) is 5.73 Å². The summed E-state index contributed by atoms with van der Waals surface area (Å²) in [5, 5.41) is 0. The standard InChI is InChI=1S/C14H24N2/c1-10-6-12(3)14(13(4)7-10)16(5)9-11(2)8-15/h6-7,11H,8-9,15H2,1-5H3. The zero-order valence-corrected chi connectivity index (χ0v) is 11.2. The minimum absolute atomic E-state index is 0.533. The fraction of sp³-hybridized carbons (Fsp3) is 0.571. The third kappa shape index (κ3) is 2.99. The second kappa shape index (κ2) is 5.35. The van der Waals surface area contributed by atoms with Crippen LogP contribution in [0.4, 0.5) is 5.69 Å². The molecule has 0 fully saturated rings. The van der Waals surface area contributed by atoms with Crippen molar-refractivity contribution >= 4 is 5.69 Å². The average molecular weight is 220 g/mol. The maximum absolute atomic E-state index is 5.67. The van der Waals surface area contributed by atoms with Gasteiger partial charge in [0, 0.05) is 19.3 Å². The first-order valence-electron chi connectivity index (χ1n) is 5.94. The summed E-state index contributed by atoms with van der Waals surface area (Å²) in [6, 6.07) is 4.48. The van der Waals surface area contributed by atoms with Crippen LogP contribution in [0.2, 0.25) is 0 Å². The van der Waals surface area contributed by atoms with Crippen molar-refractivity contribution in [2.75, 3.05) is 25.0 Å². The van der Waals surface area contributed by atoms with Gasteiger partial charge in [-0.15, -0.1) is 0 Å². The van der Waals surface area contributed by atoms with Gasteiger partial charge in [-0.1, -0.05) is 24.6 Å². The molecule has 0 aliphatic heterocycles. The van der Waals surface area contributed by atoms with Crippen LogP contribution < -0.4 is 10.6 Å². The van der Waals surface area contributed by atoms with Gasteiger partial charge in [0.25, 0.3) is 0 Å². The molecule has 0 saturated carbocycles. The predicted octanol–water partition coefficient (Wildman–Crippen LogP) is 2.64. The van der Waals surface area contributed by atoms with Crippen LogP contribution in [0.5, 0.6) is 0 Å². The molecule has 1 atom stereocenters. The van der Waals surface area contributed by atoms with Crippen molar-refractivity contribution in [3.05, 3.63) is 28.8 Å². The normalized spacial score (nSPS) is 12.6. The third-order valence-electron chi connectivity index (χ3n) is 3.01. The highest BCUT2D eigenvalue weighted by Gasteiger charge is 2.11. The molecular weight excluding hydrogens is 196 g/mol. The molecule has 0 aliphatic carbocycles. The van der Waals surface area contributed by atoms with Crippen LogP contribution in [-0.4, -0.2) is 20.1 Å². The van der Waals surface area contributed by atoms with Crippen LogP contribution in [0.1, 0.15) is 23.6 Å². The van der Waals surface area contributed by atoms with E-state index in [1.54, 1.807) is 0 Å². The lowest BCUT2D eigenvalue weighted by Crippen LogP contribution is -2.29. The summed E-state index contributed by atoms with van der Waals surface area (Å²) in [4.78, 5) is 2.32. The Hall–Kier alpha value is -1.02. The third-order valence-corrected chi connectivity index (χ3v) is 3.01. The summed E-state index contributed by atoms with van der Waals surface area (Å²) < 4.78 is 0. The molecule has 0 saturated heterocycles. The Morgan fingerprint density at radius 2 is 1.69 bits per heavy atom. The molecule has 1 aromatic carbocycles. The topological polar surface area (TPSA) is 29.3 Å². The van der Waals surface area contributed by atoms with E-state index in [0.717, 1.165) is 13.1 Å². The van der Waals surface area contributed by atoms with Crippen molar-refractivity contribution in [1.82, 2.24) is 0 Å². The summed E-state index contributed by atoms with van der Waals surface area (Å²) in [7, 11) is 2.15. The van der Waals surface area contributed by atoms with Crippen molar-refractivity contribution in [3.63, 3.8) is 0 Å². The second-order valence-corrected chi connectivity index (χ2v) is 4.97. The highest BCUT2D eigenvalue weighted by molar-refractivity contribution is 5.59. The van der Waals surface area contributed by atoms with Gasteiger partial charge in [0.05, 0.1) is 0 Å². The van der Waals surface area contributed by atoms with Crippen LogP contribution in [-0.2, 0) is 0 Å². The molecule has 0 aliphatic rings. The molecule has 1 rings (SSSR count). The molecule has 1 unspecified atom stereocenters. The first kappa shape index (κ1) is 13.0. The molecule has 0 radical (unpaired) electrons. The van der Waals surface area contributed by atoms with Gasteiger partial charge in [-0.05, 0) is 44.4 Å². The van der Waals surface area contributed by atoms with Crippen LogP contribution >= 0.6 is 0 Å². The summed E-state index contributed by atoms with van der Waals surface area (Å²) in [6.07, 6.45) is 0. The lowest BCUT2D eigenvalue weighted by molar-refractivity contribution is 0.589. The molecule has 0 spiro atoms. The number of nitrogens with zero attached hydrogens (tertiary/aromatic N) is 1. The van der Waals surface area contributed by atoms with E-state index < -0.39 is 0 Å². The highest BCUT2D eigenvalue weighted by atomic mass is 15.1. The quantitative estimate of drug-likeness (QED) is 0.845. The fourth-order valence-corrected chi connectivity index (χ4v) is 2.41. The van der Waals surface area contributed by atoms with Crippen molar-refractivity contribution in [1.29, 1.82) is 0 Å². The number of anilines is 1. The number of rotatable bonds is 4. The first-order chi connectivity index (χ1) is 7.45. The summed E-state index contributed by atoms with van der Waals surface area (Å²) in [5.41, 5.74) is 11.1. The molecule has 16 heavy (non-hydrogen) atoms. The lowest BCUT2D eigenvalue weighted by Gasteiger charge is -2.26. The number of benzene rings is 1. The Labute approximate surface area is 99.5 Å². The predicted molar refractivity (Wildman–Crippen MR) is 72.1 cm³/mol. The van der Waals surface area contributed by atoms with Crippen LogP contribution in [0.3, 0.4) is 0 Å². The fourth-order valence-electron chi connectivity index (χ4n) is 2.41. The highest BCUT2D eigenvalue weighted by Crippen LogP contribution is 2.25. The lowest BCUT2D eigenvalue weighted by atomic mass is 10.0. The van der Waals surface area contributed by atoms with Gasteiger partial charge >= 0.3 is 0 Å². The zero-order valence-electron chi connectivity index (χ0n) is 11.2. The Kier molecular flexibility index (Phi) is 4.36. The minimum atomic E-state index is 0.533. The Bertz CT molecular complexity index is 335. The minimum Gasteiger partial charge on any atom is -0.374 e. The monoisotopic (exact) mass is 220 g/mol. The van der Waals surface area contributed by atoms with Crippen molar-refractivity contribution < 1.29 is 0 Å². The van der Waals surface area contributed by atoms with E-state index in [9.17, 15) is 0 Å². The number of aryl methyl sites for hydroxylation is 3. The molecule has 2 heteroatoms. The smallest absolute Gasteiger partial charge is 0.0423 e. The van der Waals surface area contributed by atoms with Gasteiger partial charge in [-0.3, -0.25) is 0 Å². The zero-order chi connectivity index (χ0) is 12.3. The van der Waals surface area contributed by atoms with E-state index in [1.165, 1.54) is 22.4 Å². The second-order valence-electron chi connectivity index (χ2n) is 4.97. The summed E-state index contributed by atoms with van der Waals surface area (Å²) in [6.45, 7) is 10.5. The molecule has 2 N–H and O–H groups in total.